The molecule has 0 bridgehead atoms. The van der Waals surface area contributed by atoms with E-state index in [2.05, 4.69) is 18.0 Å². The molecular formula is C17H18N2O2S. The third-order valence-electron chi connectivity index (χ3n) is 3.92. The second-order valence-corrected chi connectivity index (χ2v) is 6.48. The van der Waals surface area contributed by atoms with Crippen LogP contribution in [0, 0.1) is 6.92 Å². The molecule has 0 saturated carbocycles. The van der Waals surface area contributed by atoms with E-state index in [4.69, 9.17) is 0 Å². The van der Waals surface area contributed by atoms with Crippen LogP contribution in [0.15, 0.2) is 46.2 Å². The largest absolute Gasteiger partial charge is 0.337 e. The monoisotopic (exact) mass is 314 g/mol. The summed E-state index contributed by atoms with van der Waals surface area (Å²) in [4.78, 5) is 29.4. The van der Waals surface area contributed by atoms with Gasteiger partial charge >= 0.3 is 0 Å². The van der Waals surface area contributed by atoms with Crippen LogP contribution in [0.4, 0.5) is 0 Å². The van der Waals surface area contributed by atoms with Crippen LogP contribution >= 0.6 is 11.8 Å². The molecule has 1 aliphatic heterocycles. The first-order chi connectivity index (χ1) is 10.6. The SMILES string of the molecule is Cc1ccccc1SCC(=O)N1CCc2cc(=O)[nH]cc2C1. The molecule has 1 N–H and O–H groups in total. The molecule has 0 atom stereocenters. The van der Waals surface area contributed by atoms with Crippen molar-refractivity contribution in [1.82, 2.24) is 9.88 Å². The Labute approximate surface area is 133 Å². The Morgan fingerprint density at radius 2 is 2.14 bits per heavy atom. The highest BCUT2D eigenvalue weighted by molar-refractivity contribution is 8.00. The molecule has 0 aliphatic carbocycles. The van der Waals surface area contributed by atoms with Gasteiger partial charge in [0.1, 0.15) is 0 Å². The summed E-state index contributed by atoms with van der Waals surface area (Å²) in [6.07, 6.45) is 2.48. The Morgan fingerprint density at radius 1 is 1.32 bits per heavy atom. The van der Waals surface area contributed by atoms with Crippen molar-refractivity contribution >= 4 is 17.7 Å². The van der Waals surface area contributed by atoms with Gasteiger partial charge < -0.3 is 9.88 Å². The van der Waals surface area contributed by atoms with Gasteiger partial charge in [-0.15, -0.1) is 11.8 Å². The van der Waals surface area contributed by atoms with Crippen molar-refractivity contribution in [3.63, 3.8) is 0 Å². The first-order valence-corrected chi connectivity index (χ1v) is 8.29. The lowest BCUT2D eigenvalue weighted by molar-refractivity contribution is -0.129. The Bertz CT molecular complexity index is 754. The van der Waals surface area contributed by atoms with Crippen LogP contribution in [0.5, 0.6) is 0 Å². The second kappa shape index (κ2) is 6.40. The van der Waals surface area contributed by atoms with Crippen molar-refractivity contribution in [3.05, 3.63) is 63.6 Å². The molecule has 22 heavy (non-hydrogen) atoms. The number of carbonyl (C=O) groups excluding carboxylic acids is 1. The van der Waals surface area contributed by atoms with Crippen molar-refractivity contribution in [1.29, 1.82) is 0 Å². The number of aryl methyl sites for hydroxylation is 1. The molecule has 0 saturated heterocycles. The van der Waals surface area contributed by atoms with E-state index in [1.165, 1.54) is 5.56 Å². The molecule has 1 aliphatic rings. The lowest BCUT2D eigenvalue weighted by Crippen LogP contribution is -2.37. The number of benzene rings is 1. The van der Waals surface area contributed by atoms with Crippen LogP contribution in [0.1, 0.15) is 16.7 Å². The molecule has 114 valence electrons. The third kappa shape index (κ3) is 3.25. The predicted molar refractivity (Wildman–Crippen MR) is 88.1 cm³/mol. The molecule has 1 aromatic heterocycles. The van der Waals surface area contributed by atoms with Gasteiger partial charge in [0.15, 0.2) is 0 Å². The molecular weight excluding hydrogens is 296 g/mol. The molecule has 2 aromatic rings. The lowest BCUT2D eigenvalue weighted by atomic mass is 10.0. The summed E-state index contributed by atoms with van der Waals surface area (Å²) in [7, 11) is 0. The standard InChI is InChI=1S/C17H18N2O2S/c1-12-4-2-3-5-15(12)22-11-17(21)19-7-6-13-8-16(20)18-9-14(13)10-19/h2-5,8-9H,6-7,10-11H2,1H3,(H,18,20). The number of hydrogen-bond donors (Lipinski definition) is 1. The first kappa shape index (κ1) is 14.9. The minimum Gasteiger partial charge on any atom is -0.337 e. The Balaban J connectivity index is 1.63. The average Bonchev–Trinajstić information content (AvgIpc) is 2.53. The maximum Gasteiger partial charge on any atom is 0.248 e. The molecule has 4 nitrogen and oxygen atoms in total. The highest BCUT2D eigenvalue weighted by atomic mass is 32.2. The fraction of sp³-hybridized carbons (Fsp3) is 0.294. The van der Waals surface area contributed by atoms with Crippen LogP contribution in [0.25, 0.3) is 0 Å². The van der Waals surface area contributed by atoms with E-state index in [1.807, 2.05) is 23.1 Å². The van der Waals surface area contributed by atoms with Gasteiger partial charge in [0.2, 0.25) is 11.5 Å². The van der Waals surface area contributed by atoms with Crippen molar-refractivity contribution in [2.75, 3.05) is 12.3 Å². The van der Waals surface area contributed by atoms with Crippen LogP contribution in [-0.4, -0.2) is 28.1 Å². The minimum atomic E-state index is -0.0753. The van der Waals surface area contributed by atoms with Gasteiger partial charge in [-0.1, -0.05) is 18.2 Å². The summed E-state index contributed by atoms with van der Waals surface area (Å²) < 4.78 is 0. The molecule has 1 amide bonds. The number of rotatable bonds is 3. The topological polar surface area (TPSA) is 53.2 Å². The van der Waals surface area contributed by atoms with Crippen LogP contribution in [0.2, 0.25) is 0 Å². The van der Waals surface area contributed by atoms with Gasteiger partial charge in [0, 0.05) is 30.2 Å². The number of nitrogens with zero attached hydrogens (tertiary/aromatic N) is 1. The number of fused-ring (bicyclic) bond motifs is 1. The summed E-state index contributed by atoms with van der Waals surface area (Å²) in [5.74, 6) is 0.592. The maximum atomic E-state index is 12.4. The molecule has 0 unspecified atom stereocenters. The fourth-order valence-corrected chi connectivity index (χ4v) is 3.56. The highest BCUT2D eigenvalue weighted by Gasteiger charge is 2.21. The number of aromatic nitrogens is 1. The predicted octanol–water partition coefficient (Wildman–Crippen LogP) is 2.36. The number of nitrogens with one attached hydrogen (secondary N) is 1. The van der Waals surface area contributed by atoms with E-state index in [9.17, 15) is 9.59 Å². The van der Waals surface area contributed by atoms with Crippen molar-refractivity contribution < 1.29 is 4.79 Å². The number of amides is 1. The number of carbonyl (C=O) groups is 1. The summed E-state index contributed by atoms with van der Waals surface area (Å²) >= 11 is 1.58. The molecule has 5 heteroatoms. The van der Waals surface area contributed by atoms with Crippen molar-refractivity contribution in [3.8, 4) is 0 Å². The first-order valence-electron chi connectivity index (χ1n) is 7.30. The Kier molecular flexibility index (Phi) is 4.34. The van der Waals surface area contributed by atoms with Crippen LogP contribution in [-0.2, 0) is 17.8 Å². The molecule has 0 spiro atoms. The van der Waals surface area contributed by atoms with E-state index in [1.54, 1.807) is 24.0 Å². The maximum absolute atomic E-state index is 12.4. The summed E-state index contributed by atoms with van der Waals surface area (Å²) in [5.41, 5.74) is 3.22. The number of thioether (sulfide) groups is 1. The van der Waals surface area contributed by atoms with E-state index in [0.29, 0.717) is 18.8 Å². The summed E-state index contributed by atoms with van der Waals surface area (Å²) in [6, 6.07) is 9.74. The smallest absolute Gasteiger partial charge is 0.248 e. The van der Waals surface area contributed by atoms with Gasteiger partial charge in [-0.05, 0) is 36.1 Å². The number of pyridine rings is 1. The van der Waals surface area contributed by atoms with Gasteiger partial charge in [-0.3, -0.25) is 9.59 Å². The normalized spacial score (nSPS) is 13.8. The molecule has 3 rings (SSSR count). The van der Waals surface area contributed by atoms with Gasteiger partial charge in [-0.25, -0.2) is 0 Å². The zero-order valence-corrected chi connectivity index (χ0v) is 13.3. The molecule has 1 aromatic carbocycles. The van der Waals surface area contributed by atoms with Gasteiger partial charge in [-0.2, -0.15) is 0 Å². The highest BCUT2D eigenvalue weighted by Crippen LogP contribution is 2.23. The zero-order valence-electron chi connectivity index (χ0n) is 12.5. The Morgan fingerprint density at radius 3 is 2.95 bits per heavy atom. The molecule has 0 radical (unpaired) electrons. The fourth-order valence-electron chi connectivity index (χ4n) is 2.63. The molecule has 2 heterocycles. The molecule has 0 fully saturated rings. The van der Waals surface area contributed by atoms with E-state index >= 15 is 0 Å². The number of H-pyrrole nitrogens is 1. The summed E-state index contributed by atoms with van der Waals surface area (Å²) in [5, 5.41) is 0. The third-order valence-corrected chi connectivity index (χ3v) is 5.08. The minimum absolute atomic E-state index is 0.0753. The van der Waals surface area contributed by atoms with E-state index < -0.39 is 0 Å². The van der Waals surface area contributed by atoms with Crippen molar-refractivity contribution in [2.45, 2.75) is 24.8 Å². The van der Waals surface area contributed by atoms with E-state index in [-0.39, 0.29) is 11.5 Å². The zero-order chi connectivity index (χ0) is 15.5. The quantitative estimate of drug-likeness (QED) is 0.885. The number of aromatic amines is 1. The lowest BCUT2D eigenvalue weighted by Gasteiger charge is -2.28. The van der Waals surface area contributed by atoms with E-state index in [0.717, 1.165) is 22.4 Å². The Hall–Kier alpha value is -2.01. The van der Waals surface area contributed by atoms with Gasteiger partial charge in [0.25, 0.3) is 0 Å². The summed E-state index contributed by atoms with van der Waals surface area (Å²) in [6.45, 7) is 3.32. The van der Waals surface area contributed by atoms with Crippen molar-refractivity contribution in [2.24, 2.45) is 0 Å². The second-order valence-electron chi connectivity index (χ2n) is 5.47. The van der Waals surface area contributed by atoms with Crippen LogP contribution in [0.3, 0.4) is 0 Å². The average molecular weight is 314 g/mol. The number of hydrogen-bond acceptors (Lipinski definition) is 3. The van der Waals surface area contributed by atoms with Gasteiger partial charge in [0.05, 0.1) is 5.75 Å². The van der Waals surface area contributed by atoms with Crippen LogP contribution < -0.4 is 5.56 Å².